The van der Waals surface area contributed by atoms with Gasteiger partial charge >= 0.3 is 0 Å². The Morgan fingerprint density at radius 3 is 2.24 bits per heavy atom. The summed E-state index contributed by atoms with van der Waals surface area (Å²) in [7, 11) is -3.57. The van der Waals surface area contributed by atoms with Gasteiger partial charge in [-0.15, -0.1) is 0 Å². The minimum absolute atomic E-state index is 0.0305. The maximum Gasteiger partial charge on any atom is 0.243 e. The predicted octanol–water partition coefficient (Wildman–Crippen LogP) is 1.43. The van der Waals surface area contributed by atoms with Crippen molar-refractivity contribution in [2.75, 3.05) is 6.54 Å². The van der Waals surface area contributed by atoms with Gasteiger partial charge in [-0.1, -0.05) is 18.2 Å². The molecule has 1 aliphatic rings. The zero-order valence-electron chi connectivity index (χ0n) is 9.88. The summed E-state index contributed by atoms with van der Waals surface area (Å²) < 4.78 is 26.0. The molecule has 0 atom stereocenters. The first kappa shape index (κ1) is 12.3. The van der Waals surface area contributed by atoms with Gasteiger partial charge in [0.15, 0.2) is 5.78 Å². The molecule has 1 fully saturated rings. The summed E-state index contributed by atoms with van der Waals surface area (Å²) in [5.41, 5.74) is -0.936. The Morgan fingerprint density at radius 1 is 1.18 bits per heavy atom. The van der Waals surface area contributed by atoms with Gasteiger partial charge in [-0.05, 0) is 26.0 Å². The average Bonchev–Trinajstić information content (AvgIpc) is 2.55. The molecule has 5 heteroatoms. The van der Waals surface area contributed by atoms with Crippen molar-refractivity contribution < 1.29 is 13.2 Å². The third-order valence-electron chi connectivity index (χ3n) is 3.18. The Kier molecular flexibility index (Phi) is 2.83. The number of nitrogens with zero attached hydrogens (tertiary/aromatic N) is 1. The van der Waals surface area contributed by atoms with E-state index in [9.17, 15) is 13.2 Å². The lowest BCUT2D eigenvalue weighted by molar-refractivity contribution is -0.122. The van der Waals surface area contributed by atoms with Crippen molar-refractivity contribution in [3.05, 3.63) is 30.3 Å². The molecule has 0 N–H and O–H groups in total. The number of rotatable bonds is 2. The highest BCUT2D eigenvalue weighted by Crippen LogP contribution is 2.31. The second-order valence-corrected chi connectivity index (χ2v) is 6.48. The van der Waals surface area contributed by atoms with Gasteiger partial charge in [0, 0.05) is 13.0 Å². The third kappa shape index (κ3) is 1.89. The zero-order chi connectivity index (χ0) is 12.7. The molecule has 0 saturated carbocycles. The molecule has 0 aromatic heterocycles. The summed E-state index contributed by atoms with van der Waals surface area (Å²) in [6.45, 7) is 3.58. The van der Waals surface area contributed by atoms with Gasteiger partial charge in [0.1, 0.15) is 0 Å². The van der Waals surface area contributed by atoms with E-state index in [0.29, 0.717) is 6.42 Å². The van der Waals surface area contributed by atoms with Crippen LogP contribution in [-0.4, -0.2) is 30.6 Å². The van der Waals surface area contributed by atoms with E-state index in [0.717, 1.165) is 0 Å². The molecule has 0 aliphatic carbocycles. The van der Waals surface area contributed by atoms with Crippen molar-refractivity contribution in [3.63, 3.8) is 0 Å². The van der Waals surface area contributed by atoms with Crippen LogP contribution in [-0.2, 0) is 14.8 Å². The largest absolute Gasteiger partial charge is 0.298 e. The lowest BCUT2D eigenvalue weighted by Crippen LogP contribution is -2.46. The first-order chi connectivity index (χ1) is 7.87. The molecule has 0 radical (unpaired) electrons. The van der Waals surface area contributed by atoms with Gasteiger partial charge < -0.3 is 0 Å². The van der Waals surface area contributed by atoms with Gasteiger partial charge in [0.05, 0.1) is 10.4 Å². The fourth-order valence-electron chi connectivity index (χ4n) is 2.07. The normalized spacial score (nSPS) is 20.7. The van der Waals surface area contributed by atoms with E-state index in [2.05, 4.69) is 0 Å². The second-order valence-electron chi connectivity index (χ2n) is 4.62. The fourth-order valence-corrected chi connectivity index (χ4v) is 3.86. The maximum atomic E-state index is 12.4. The van der Waals surface area contributed by atoms with Crippen LogP contribution < -0.4 is 0 Å². The molecule has 92 valence electrons. The standard InChI is InChI=1S/C12H15NO3S/c1-12(2)11(14)8-9-13(12)17(15,16)10-6-4-3-5-7-10/h3-7H,8-9H2,1-2H3. The molecular formula is C12H15NO3S. The van der Waals surface area contributed by atoms with Crippen LogP contribution in [0.5, 0.6) is 0 Å². The molecule has 17 heavy (non-hydrogen) atoms. The van der Waals surface area contributed by atoms with Crippen LogP contribution in [0.2, 0.25) is 0 Å². The quantitative estimate of drug-likeness (QED) is 0.801. The van der Waals surface area contributed by atoms with Gasteiger partial charge in [0.2, 0.25) is 10.0 Å². The molecule has 0 bridgehead atoms. The molecule has 1 saturated heterocycles. The Balaban J connectivity index is 2.45. The lowest BCUT2D eigenvalue weighted by atomic mass is 10.0. The van der Waals surface area contributed by atoms with Gasteiger partial charge in [0.25, 0.3) is 0 Å². The van der Waals surface area contributed by atoms with Gasteiger partial charge in [-0.3, -0.25) is 4.79 Å². The minimum Gasteiger partial charge on any atom is -0.298 e. The number of carbonyl (C=O) groups is 1. The summed E-state index contributed by atoms with van der Waals surface area (Å²) in [5, 5.41) is 0. The molecule has 4 nitrogen and oxygen atoms in total. The SMILES string of the molecule is CC1(C)C(=O)CCN1S(=O)(=O)c1ccccc1. The number of hydrogen-bond acceptors (Lipinski definition) is 3. The fraction of sp³-hybridized carbons (Fsp3) is 0.417. The van der Waals surface area contributed by atoms with Crippen LogP contribution >= 0.6 is 0 Å². The van der Waals surface area contributed by atoms with E-state index in [1.807, 2.05) is 0 Å². The predicted molar refractivity (Wildman–Crippen MR) is 64.0 cm³/mol. The molecule has 1 aromatic carbocycles. The smallest absolute Gasteiger partial charge is 0.243 e. The Morgan fingerprint density at radius 2 is 1.76 bits per heavy atom. The van der Waals surface area contributed by atoms with E-state index in [1.165, 1.54) is 4.31 Å². The Bertz CT molecular complexity index is 534. The number of carbonyl (C=O) groups excluding carboxylic acids is 1. The molecule has 1 aliphatic heterocycles. The number of sulfonamides is 1. The van der Waals surface area contributed by atoms with E-state index >= 15 is 0 Å². The second kappa shape index (κ2) is 3.92. The highest BCUT2D eigenvalue weighted by Gasteiger charge is 2.46. The monoisotopic (exact) mass is 253 g/mol. The van der Waals surface area contributed by atoms with Crippen molar-refractivity contribution in [1.82, 2.24) is 4.31 Å². The molecule has 1 aromatic rings. The molecule has 0 spiro atoms. The zero-order valence-corrected chi connectivity index (χ0v) is 10.7. The van der Waals surface area contributed by atoms with Crippen LogP contribution in [0.25, 0.3) is 0 Å². The van der Waals surface area contributed by atoms with E-state index in [4.69, 9.17) is 0 Å². The van der Waals surface area contributed by atoms with Crippen LogP contribution in [0.3, 0.4) is 0 Å². The molecule has 2 rings (SSSR count). The van der Waals surface area contributed by atoms with Crippen molar-refractivity contribution in [2.24, 2.45) is 0 Å². The summed E-state index contributed by atoms with van der Waals surface area (Å²) in [6, 6.07) is 8.22. The molecule has 1 heterocycles. The first-order valence-electron chi connectivity index (χ1n) is 5.48. The average molecular weight is 253 g/mol. The van der Waals surface area contributed by atoms with Gasteiger partial charge in [-0.25, -0.2) is 8.42 Å². The highest BCUT2D eigenvalue weighted by molar-refractivity contribution is 7.89. The lowest BCUT2D eigenvalue weighted by Gasteiger charge is -2.28. The molecule has 0 unspecified atom stereocenters. The van der Waals surface area contributed by atoms with E-state index in [-0.39, 0.29) is 17.2 Å². The van der Waals surface area contributed by atoms with E-state index < -0.39 is 15.6 Å². The van der Waals surface area contributed by atoms with Crippen molar-refractivity contribution in [3.8, 4) is 0 Å². The van der Waals surface area contributed by atoms with Crippen LogP contribution in [0.1, 0.15) is 20.3 Å². The summed E-state index contributed by atoms with van der Waals surface area (Å²) in [4.78, 5) is 11.9. The van der Waals surface area contributed by atoms with E-state index in [1.54, 1.807) is 44.2 Å². The molecule has 0 amide bonds. The first-order valence-corrected chi connectivity index (χ1v) is 6.92. The maximum absolute atomic E-state index is 12.4. The van der Waals surface area contributed by atoms with Crippen molar-refractivity contribution >= 4 is 15.8 Å². The van der Waals surface area contributed by atoms with Crippen LogP contribution in [0, 0.1) is 0 Å². The van der Waals surface area contributed by atoms with Crippen molar-refractivity contribution in [2.45, 2.75) is 30.7 Å². The summed E-state index contributed by atoms with van der Waals surface area (Å²) in [5.74, 6) is -0.0305. The topological polar surface area (TPSA) is 54.5 Å². The number of benzene rings is 1. The number of hydrogen-bond donors (Lipinski definition) is 0. The number of Topliss-reactive ketones (excluding diaryl/α,β-unsaturated/α-hetero) is 1. The Hall–Kier alpha value is -1.20. The number of ketones is 1. The summed E-state index contributed by atoms with van der Waals surface area (Å²) in [6.07, 6.45) is 0.291. The van der Waals surface area contributed by atoms with Crippen molar-refractivity contribution in [1.29, 1.82) is 0 Å². The van der Waals surface area contributed by atoms with Crippen LogP contribution in [0.4, 0.5) is 0 Å². The van der Waals surface area contributed by atoms with Gasteiger partial charge in [-0.2, -0.15) is 4.31 Å². The summed E-state index contributed by atoms with van der Waals surface area (Å²) >= 11 is 0. The van der Waals surface area contributed by atoms with Crippen LogP contribution in [0.15, 0.2) is 35.2 Å². The minimum atomic E-state index is -3.57. The highest BCUT2D eigenvalue weighted by atomic mass is 32.2. The third-order valence-corrected chi connectivity index (χ3v) is 5.27. The Labute approximate surface area is 101 Å². The molecular weight excluding hydrogens is 238 g/mol.